The number of benzene rings is 1. The number of esters is 2. The number of H-pyrrole nitrogens is 1. The van der Waals surface area contributed by atoms with Crippen LogP contribution in [0.4, 0.5) is 5.69 Å². The minimum Gasteiger partial charge on any atom is -0.465 e. The van der Waals surface area contributed by atoms with Gasteiger partial charge in [0.1, 0.15) is 5.70 Å². The van der Waals surface area contributed by atoms with E-state index in [1.807, 2.05) is 18.2 Å². The van der Waals surface area contributed by atoms with Crippen LogP contribution in [0.2, 0.25) is 0 Å². The number of fused-ring (bicyclic) bond motifs is 1. The molecule has 25 heavy (non-hydrogen) atoms. The van der Waals surface area contributed by atoms with Crippen LogP contribution in [0.15, 0.2) is 53.9 Å². The van der Waals surface area contributed by atoms with Gasteiger partial charge in [-0.05, 0) is 42.6 Å². The SMILES string of the molecule is COC(=O)C1=C(C(=O)OC)N(c2ccc3[nH]c(=S)sc3c2)C=CC=C1. The van der Waals surface area contributed by atoms with Gasteiger partial charge in [0, 0.05) is 11.9 Å². The third kappa shape index (κ3) is 3.26. The van der Waals surface area contributed by atoms with Crippen LogP contribution in [0.5, 0.6) is 0 Å². The molecule has 8 heteroatoms. The van der Waals surface area contributed by atoms with Crippen LogP contribution < -0.4 is 4.90 Å². The quantitative estimate of drug-likeness (QED) is 0.655. The summed E-state index contributed by atoms with van der Waals surface area (Å²) in [7, 11) is 2.53. The number of aromatic amines is 1. The maximum Gasteiger partial charge on any atom is 0.355 e. The Hall–Kier alpha value is -2.71. The molecule has 1 aliphatic rings. The number of carbonyl (C=O) groups is 2. The minimum absolute atomic E-state index is 0.0813. The van der Waals surface area contributed by atoms with Crippen LogP contribution >= 0.6 is 23.6 Å². The number of anilines is 1. The van der Waals surface area contributed by atoms with E-state index in [4.69, 9.17) is 21.7 Å². The van der Waals surface area contributed by atoms with Crippen molar-refractivity contribution < 1.29 is 19.1 Å². The zero-order valence-corrected chi connectivity index (χ0v) is 15.1. The fraction of sp³-hybridized carbons (Fsp3) is 0.118. The van der Waals surface area contributed by atoms with Gasteiger partial charge in [-0.3, -0.25) is 0 Å². The second-order valence-electron chi connectivity index (χ2n) is 5.01. The van der Waals surface area contributed by atoms with Crippen LogP contribution in [0.25, 0.3) is 10.2 Å². The monoisotopic (exact) mass is 374 g/mol. The highest BCUT2D eigenvalue weighted by Crippen LogP contribution is 2.30. The van der Waals surface area contributed by atoms with Gasteiger partial charge >= 0.3 is 11.9 Å². The van der Waals surface area contributed by atoms with E-state index in [2.05, 4.69) is 4.98 Å². The van der Waals surface area contributed by atoms with E-state index < -0.39 is 11.9 Å². The van der Waals surface area contributed by atoms with E-state index in [9.17, 15) is 9.59 Å². The lowest BCUT2D eigenvalue weighted by Gasteiger charge is -2.23. The molecule has 1 aromatic carbocycles. The lowest BCUT2D eigenvalue weighted by molar-refractivity contribution is -0.139. The number of ether oxygens (including phenoxy) is 2. The first kappa shape index (κ1) is 17.1. The molecule has 0 saturated carbocycles. The summed E-state index contributed by atoms with van der Waals surface area (Å²) in [5.74, 6) is -1.26. The molecule has 3 rings (SSSR count). The summed E-state index contributed by atoms with van der Waals surface area (Å²) < 4.78 is 11.3. The summed E-state index contributed by atoms with van der Waals surface area (Å²) in [4.78, 5) is 29.2. The van der Waals surface area contributed by atoms with Crippen molar-refractivity contribution in [3.05, 3.63) is 57.9 Å². The van der Waals surface area contributed by atoms with E-state index in [1.165, 1.54) is 31.6 Å². The molecular weight excluding hydrogens is 360 g/mol. The Labute approximate surface area is 152 Å². The summed E-state index contributed by atoms with van der Waals surface area (Å²) in [5.41, 5.74) is 1.80. The average Bonchev–Trinajstić information content (AvgIpc) is 2.85. The number of thiazole rings is 1. The number of hydrogen-bond donors (Lipinski definition) is 1. The summed E-state index contributed by atoms with van der Waals surface area (Å²) in [6.07, 6.45) is 6.59. The lowest BCUT2D eigenvalue weighted by atomic mass is 10.1. The van der Waals surface area contributed by atoms with Crippen molar-refractivity contribution in [1.29, 1.82) is 0 Å². The maximum atomic E-state index is 12.4. The van der Waals surface area contributed by atoms with Crippen molar-refractivity contribution in [2.75, 3.05) is 19.1 Å². The standard InChI is InChI=1S/C17H14N2O4S2/c1-22-15(20)11-5-3-4-8-19(14(11)16(21)23-2)10-6-7-12-13(9-10)25-17(24)18-12/h3-9H,1-2H3,(H,18,24). The Morgan fingerprint density at radius 2 is 1.92 bits per heavy atom. The highest BCUT2D eigenvalue weighted by molar-refractivity contribution is 7.73. The Balaban J connectivity index is 2.20. The molecule has 0 saturated heterocycles. The fourth-order valence-corrected chi connectivity index (χ4v) is 3.60. The van der Waals surface area contributed by atoms with Crippen molar-refractivity contribution in [2.24, 2.45) is 0 Å². The zero-order chi connectivity index (χ0) is 18.0. The summed E-state index contributed by atoms with van der Waals surface area (Å²) in [6.45, 7) is 0. The van der Waals surface area contributed by atoms with Crippen molar-refractivity contribution in [2.45, 2.75) is 0 Å². The molecule has 2 heterocycles. The third-order valence-electron chi connectivity index (χ3n) is 3.57. The van der Waals surface area contributed by atoms with Gasteiger partial charge in [-0.1, -0.05) is 6.08 Å². The van der Waals surface area contributed by atoms with Crippen LogP contribution in [0.1, 0.15) is 0 Å². The smallest absolute Gasteiger partial charge is 0.355 e. The van der Waals surface area contributed by atoms with E-state index in [0.29, 0.717) is 9.64 Å². The molecule has 0 spiro atoms. The second kappa shape index (κ2) is 7.04. The zero-order valence-electron chi connectivity index (χ0n) is 13.4. The van der Waals surface area contributed by atoms with E-state index >= 15 is 0 Å². The number of allylic oxidation sites excluding steroid dienone is 2. The normalized spacial score (nSPS) is 13.9. The molecule has 0 unspecified atom stereocenters. The number of hydrogen-bond acceptors (Lipinski definition) is 7. The van der Waals surface area contributed by atoms with Gasteiger partial charge in [0.05, 0.1) is 30.0 Å². The van der Waals surface area contributed by atoms with E-state index in [0.717, 1.165) is 10.2 Å². The van der Waals surface area contributed by atoms with Crippen molar-refractivity contribution >= 4 is 51.4 Å². The van der Waals surface area contributed by atoms with Gasteiger partial charge in [0.25, 0.3) is 0 Å². The summed E-state index contributed by atoms with van der Waals surface area (Å²) >= 11 is 6.60. The first-order valence-electron chi connectivity index (χ1n) is 7.23. The Morgan fingerprint density at radius 1 is 1.16 bits per heavy atom. The molecule has 2 aromatic rings. The average molecular weight is 374 g/mol. The Morgan fingerprint density at radius 3 is 2.64 bits per heavy atom. The van der Waals surface area contributed by atoms with Crippen LogP contribution in [0.3, 0.4) is 0 Å². The molecule has 0 atom stereocenters. The number of rotatable bonds is 3. The molecule has 0 aliphatic carbocycles. The first-order valence-corrected chi connectivity index (χ1v) is 8.45. The van der Waals surface area contributed by atoms with Crippen LogP contribution in [-0.4, -0.2) is 31.1 Å². The summed E-state index contributed by atoms with van der Waals surface area (Å²) in [5, 5.41) is 0. The number of carbonyl (C=O) groups excluding carboxylic acids is 2. The molecule has 1 N–H and O–H groups in total. The van der Waals surface area contributed by atoms with E-state index in [-0.39, 0.29) is 11.3 Å². The predicted molar refractivity (Wildman–Crippen MR) is 98.8 cm³/mol. The molecule has 0 bridgehead atoms. The van der Waals surface area contributed by atoms with Crippen LogP contribution in [-0.2, 0) is 19.1 Å². The second-order valence-corrected chi connectivity index (χ2v) is 6.73. The maximum absolute atomic E-state index is 12.4. The number of nitrogens with zero attached hydrogens (tertiary/aromatic N) is 1. The molecule has 1 aromatic heterocycles. The molecule has 0 amide bonds. The Kier molecular flexibility index (Phi) is 4.82. The fourth-order valence-electron chi connectivity index (χ4n) is 2.45. The highest BCUT2D eigenvalue weighted by Gasteiger charge is 2.27. The van der Waals surface area contributed by atoms with Gasteiger partial charge < -0.3 is 19.4 Å². The third-order valence-corrected chi connectivity index (χ3v) is 4.77. The number of aromatic nitrogens is 1. The van der Waals surface area contributed by atoms with Crippen molar-refractivity contribution in [3.8, 4) is 0 Å². The number of methoxy groups -OCH3 is 2. The lowest BCUT2D eigenvalue weighted by Crippen LogP contribution is -2.26. The first-order chi connectivity index (χ1) is 12.0. The largest absolute Gasteiger partial charge is 0.465 e. The van der Waals surface area contributed by atoms with Gasteiger partial charge in [-0.2, -0.15) is 0 Å². The molecule has 128 valence electrons. The van der Waals surface area contributed by atoms with Crippen molar-refractivity contribution in [3.63, 3.8) is 0 Å². The summed E-state index contributed by atoms with van der Waals surface area (Å²) in [6, 6.07) is 5.59. The number of nitrogens with one attached hydrogen (secondary N) is 1. The predicted octanol–water partition coefficient (Wildman–Crippen LogP) is 3.45. The van der Waals surface area contributed by atoms with Gasteiger partial charge in [-0.15, -0.1) is 11.3 Å². The molecule has 6 nitrogen and oxygen atoms in total. The highest BCUT2D eigenvalue weighted by atomic mass is 32.1. The minimum atomic E-state index is -0.640. The molecule has 0 fully saturated rings. The Bertz CT molecular complexity index is 997. The molecule has 0 radical (unpaired) electrons. The van der Waals surface area contributed by atoms with Gasteiger partial charge in [0.2, 0.25) is 0 Å². The van der Waals surface area contributed by atoms with Crippen molar-refractivity contribution in [1.82, 2.24) is 4.98 Å². The van der Waals surface area contributed by atoms with Gasteiger partial charge in [0.15, 0.2) is 3.95 Å². The molecule has 1 aliphatic heterocycles. The molecular formula is C17H14N2O4S2. The topological polar surface area (TPSA) is 71.6 Å². The van der Waals surface area contributed by atoms with E-state index in [1.54, 1.807) is 23.3 Å². The van der Waals surface area contributed by atoms with Crippen LogP contribution in [0, 0.1) is 3.95 Å². The van der Waals surface area contributed by atoms with Gasteiger partial charge in [-0.25, -0.2) is 9.59 Å².